The first kappa shape index (κ1) is 25.4. The molecule has 7 rings (SSSR count). The van der Waals surface area contributed by atoms with Gasteiger partial charge in [0.1, 0.15) is 16.5 Å². The van der Waals surface area contributed by atoms with E-state index in [1.165, 1.54) is 32.5 Å². The molecule has 0 saturated heterocycles. The van der Waals surface area contributed by atoms with Crippen LogP contribution in [0.3, 0.4) is 0 Å². The van der Waals surface area contributed by atoms with E-state index in [4.69, 9.17) is 14.5 Å². The van der Waals surface area contributed by atoms with Crippen molar-refractivity contribution >= 4 is 38.6 Å². The number of aromatic nitrogens is 1. The van der Waals surface area contributed by atoms with Crippen LogP contribution in [0.1, 0.15) is 25.0 Å². The van der Waals surface area contributed by atoms with E-state index in [0.29, 0.717) is 0 Å². The molecular formula is C36H30N2O2S. The zero-order valence-electron chi connectivity index (χ0n) is 23.5. The Labute approximate surface area is 244 Å². The lowest BCUT2D eigenvalue weighted by Crippen LogP contribution is -2.16. The van der Waals surface area contributed by atoms with E-state index in [1.807, 2.05) is 30.3 Å². The van der Waals surface area contributed by atoms with Crippen molar-refractivity contribution in [2.24, 2.45) is 0 Å². The van der Waals surface area contributed by atoms with Gasteiger partial charge >= 0.3 is 0 Å². The molecular weight excluding hydrogens is 524 g/mol. The molecule has 0 radical (unpaired) electrons. The van der Waals surface area contributed by atoms with Crippen LogP contribution < -0.4 is 14.4 Å². The standard InChI is InChI=1S/C36H30N2O2S/c1-36(2)31-21-23(35-37-33-7-5-6-8-34(33)41-35)9-19-29(31)30-20-14-26(22-32(30)36)38(24-10-15-27(39-3)16-11-24)25-12-17-28(40-4)18-13-25/h5-22H,1-4H3. The third kappa shape index (κ3) is 4.25. The third-order valence-corrected chi connectivity index (χ3v) is 9.21. The Balaban J connectivity index is 1.32. The minimum Gasteiger partial charge on any atom is -0.497 e. The monoisotopic (exact) mass is 554 g/mol. The number of fused-ring (bicyclic) bond motifs is 4. The van der Waals surface area contributed by atoms with Crippen LogP contribution in [0.5, 0.6) is 11.5 Å². The number of hydrogen-bond acceptors (Lipinski definition) is 5. The summed E-state index contributed by atoms with van der Waals surface area (Å²) in [7, 11) is 3.39. The fourth-order valence-electron chi connectivity index (χ4n) is 5.90. The van der Waals surface area contributed by atoms with E-state index >= 15 is 0 Å². The third-order valence-electron chi connectivity index (χ3n) is 8.12. The number of thiazole rings is 1. The summed E-state index contributed by atoms with van der Waals surface area (Å²) < 4.78 is 12.1. The highest BCUT2D eigenvalue weighted by molar-refractivity contribution is 7.21. The van der Waals surface area contributed by atoms with E-state index in [2.05, 4.69) is 97.6 Å². The van der Waals surface area contributed by atoms with Gasteiger partial charge in [-0.1, -0.05) is 44.2 Å². The lowest BCUT2D eigenvalue weighted by atomic mass is 9.82. The van der Waals surface area contributed by atoms with Gasteiger partial charge in [0.25, 0.3) is 0 Å². The predicted molar refractivity (Wildman–Crippen MR) is 170 cm³/mol. The summed E-state index contributed by atoms with van der Waals surface area (Å²) in [5.74, 6) is 1.66. The number of hydrogen-bond donors (Lipinski definition) is 0. The number of ether oxygens (including phenoxy) is 2. The van der Waals surface area contributed by atoms with Crippen molar-refractivity contribution in [2.75, 3.05) is 19.1 Å². The first-order chi connectivity index (χ1) is 20.0. The summed E-state index contributed by atoms with van der Waals surface area (Å²) in [5, 5.41) is 1.06. The number of nitrogens with zero attached hydrogens (tertiary/aromatic N) is 2. The van der Waals surface area contributed by atoms with Gasteiger partial charge in [-0.25, -0.2) is 4.98 Å². The zero-order valence-corrected chi connectivity index (χ0v) is 24.3. The summed E-state index contributed by atoms with van der Waals surface area (Å²) in [4.78, 5) is 7.21. The molecule has 41 heavy (non-hydrogen) atoms. The smallest absolute Gasteiger partial charge is 0.124 e. The van der Waals surface area contributed by atoms with E-state index in [9.17, 15) is 0 Å². The molecule has 0 saturated carbocycles. The summed E-state index contributed by atoms with van der Waals surface area (Å²) in [6.45, 7) is 4.66. The predicted octanol–water partition coefficient (Wildman–Crippen LogP) is 9.76. The summed E-state index contributed by atoms with van der Waals surface area (Å²) >= 11 is 1.75. The highest BCUT2D eigenvalue weighted by Gasteiger charge is 2.36. The number of benzene rings is 5. The second kappa shape index (κ2) is 9.79. The maximum Gasteiger partial charge on any atom is 0.124 e. The molecule has 6 aromatic rings. The van der Waals surface area contributed by atoms with Gasteiger partial charge < -0.3 is 14.4 Å². The maximum absolute atomic E-state index is 5.43. The Kier molecular flexibility index (Phi) is 6.06. The minimum atomic E-state index is -0.168. The van der Waals surface area contributed by atoms with Gasteiger partial charge in [0.05, 0.1) is 24.4 Å². The molecule has 1 heterocycles. The number of methoxy groups -OCH3 is 2. The molecule has 4 nitrogen and oxygen atoms in total. The fourth-order valence-corrected chi connectivity index (χ4v) is 6.87. The number of rotatable bonds is 6. The highest BCUT2D eigenvalue weighted by atomic mass is 32.1. The minimum absolute atomic E-state index is 0.168. The number of para-hydroxylation sites is 1. The van der Waals surface area contributed by atoms with E-state index in [-0.39, 0.29) is 5.41 Å². The molecule has 0 aliphatic heterocycles. The van der Waals surface area contributed by atoms with Crippen molar-refractivity contribution in [2.45, 2.75) is 19.3 Å². The highest BCUT2D eigenvalue weighted by Crippen LogP contribution is 2.52. The van der Waals surface area contributed by atoms with E-state index in [1.54, 1.807) is 25.6 Å². The van der Waals surface area contributed by atoms with Gasteiger partial charge in [-0.3, -0.25) is 0 Å². The van der Waals surface area contributed by atoms with Gasteiger partial charge in [0.15, 0.2) is 0 Å². The molecule has 5 aromatic carbocycles. The van der Waals surface area contributed by atoms with Crippen LogP contribution in [-0.2, 0) is 5.41 Å². The SMILES string of the molecule is COc1ccc(N(c2ccc(OC)cc2)c2ccc3c(c2)C(C)(C)c2cc(-c4nc5ccccc5s4)ccc2-3)cc1. The quantitative estimate of drug-likeness (QED) is 0.205. The van der Waals surface area contributed by atoms with Crippen LogP contribution in [0.25, 0.3) is 31.9 Å². The molecule has 0 bridgehead atoms. The van der Waals surface area contributed by atoms with E-state index < -0.39 is 0 Å². The van der Waals surface area contributed by atoms with Crippen LogP contribution >= 0.6 is 11.3 Å². The Bertz CT molecular complexity index is 1810. The van der Waals surface area contributed by atoms with Gasteiger partial charge in [-0.05, 0) is 101 Å². The zero-order chi connectivity index (χ0) is 28.1. The van der Waals surface area contributed by atoms with Crippen LogP contribution in [0, 0.1) is 0 Å². The van der Waals surface area contributed by atoms with Gasteiger partial charge in [0.2, 0.25) is 0 Å². The summed E-state index contributed by atoms with van der Waals surface area (Å²) in [5.41, 5.74) is 10.5. The van der Waals surface area contributed by atoms with Crippen molar-refractivity contribution in [1.29, 1.82) is 0 Å². The summed E-state index contributed by atoms with van der Waals surface area (Å²) in [6.07, 6.45) is 0. The van der Waals surface area contributed by atoms with Crippen LogP contribution in [0.15, 0.2) is 109 Å². The molecule has 0 N–H and O–H groups in total. The normalized spacial score (nSPS) is 13.1. The average Bonchev–Trinajstić information content (AvgIpc) is 3.55. The lowest BCUT2D eigenvalue weighted by Gasteiger charge is -2.28. The van der Waals surface area contributed by atoms with Crippen LogP contribution in [0.2, 0.25) is 0 Å². The first-order valence-electron chi connectivity index (χ1n) is 13.7. The second-order valence-corrected chi connectivity index (χ2v) is 11.9. The van der Waals surface area contributed by atoms with Gasteiger partial charge in [-0.15, -0.1) is 11.3 Å². The molecule has 202 valence electrons. The Morgan fingerprint density at radius 3 is 1.80 bits per heavy atom. The van der Waals surface area contributed by atoms with Crippen molar-refractivity contribution in [3.05, 3.63) is 120 Å². The van der Waals surface area contributed by atoms with Crippen molar-refractivity contribution < 1.29 is 9.47 Å². The first-order valence-corrected chi connectivity index (χ1v) is 14.5. The molecule has 0 unspecified atom stereocenters. The molecule has 0 amide bonds. The average molecular weight is 555 g/mol. The van der Waals surface area contributed by atoms with Crippen LogP contribution in [-0.4, -0.2) is 19.2 Å². The Hall–Kier alpha value is -4.61. The molecule has 5 heteroatoms. The molecule has 1 aromatic heterocycles. The molecule has 1 aliphatic rings. The second-order valence-electron chi connectivity index (χ2n) is 10.8. The van der Waals surface area contributed by atoms with Gasteiger partial charge in [-0.2, -0.15) is 0 Å². The van der Waals surface area contributed by atoms with Gasteiger partial charge in [0, 0.05) is 28.0 Å². The van der Waals surface area contributed by atoms with Crippen LogP contribution in [0.4, 0.5) is 17.1 Å². The topological polar surface area (TPSA) is 34.6 Å². The van der Waals surface area contributed by atoms with Crippen molar-refractivity contribution in [3.8, 4) is 33.2 Å². The van der Waals surface area contributed by atoms with Crippen molar-refractivity contribution in [3.63, 3.8) is 0 Å². The molecule has 1 aliphatic carbocycles. The summed E-state index contributed by atoms with van der Waals surface area (Å²) in [6, 6.07) is 38.4. The van der Waals surface area contributed by atoms with Crippen molar-refractivity contribution in [1.82, 2.24) is 4.98 Å². The fraction of sp³-hybridized carbons (Fsp3) is 0.139. The number of anilines is 3. The largest absolute Gasteiger partial charge is 0.497 e. The molecule has 0 atom stereocenters. The Morgan fingerprint density at radius 2 is 1.20 bits per heavy atom. The Morgan fingerprint density at radius 1 is 0.634 bits per heavy atom. The maximum atomic E-state index is 5.43. The lowest BCUT2D eigenvalue weighted by molar-refractivity contribution is 0.415. The molecule has 0 spiro atoms. The van der Waals surface area contributed by atoms with E-state index in [0.717, 1.165) is 39.1 Å². The molecule has 0 fully saturated rings.